The second-order valence-corrected chi connectivity index (χ2v) is 6.14. The molecule has 3 nitrogen and oxygen atoms in total. The Bertz CT molecular complexity index is 576. The van der Waals surface area contributed by atoms with Crippen molar-refractivity contribution in [2.75, 3.05) is 13.1 Å². The van der Waals surface area contributed by atoms with E-state index in [0.717, 1.165) is 17.2 Å². The first-order valence-corrected chi connectivity index (χ1v) is 7.39. The number of rotatable bonds is 2. The maximum absolute atomic E-state index is 6.02. The molecule has 4 heteroatoms. The molecule has 102 valence electrons. The molecular weight excluding hydrogens is 258 g/mol. The molecule has 0 spiro atoms. The van der Waals surface area contributed by atoms with Crippen LogP contribution in [0.3, 0.4) is 0 Å². The molecular formula is C15H20ClN3. The molecule has 3 heterocycles. The summed E-state index contributed by atoms with van der Waals surface area (Å²) in [5, 5.41) is 0.754. The standard InChI is InChI=1S/C15H20ClN3/c1-11(2)18-7-3-4-12(8-18)14-10-19-9-13(16)5-6-15(19)17-14/h5-6,9-12H,3-4,7-8H2,1-2H3. The minimum Gasteiger partial charge on any atom is -0.305 e. The molecule has 1 fully saturated rings. The molecule has 0 radical (unpaired) electrons. The minimum absolute atomic E-state index is 0.551. The van der Waals surface area contributed by atoms with Crippen LogP contribution in [-0.4, -0.2) is 33.4 Å². The van der Waals surface area contributed by atoms with Gasteiger partial charge in [-0.05, 0) is 45.4 Å². The van der Waals surface area contributed by atoms with Crippen LogP contribution in [0.25, 0.3) is 5.65 Å². The lowest BCUT2D eigenvalue weighted by molar-refractivity contribution is 0.166. The molecule has 2 aromatic rings. The Hall–Kier alpha value is -1.06. The average molecular weight is 278 g/mol. The maximum atomic E-state index is 6.02. The van der Waals surface area contributed by atoms with Crippen LogP contribution in [-0.2, 0) is 0 Å². The molecule has 0 aliphatic carbocycles. The number of pyridine rings is 1. The first kappa shape index (κ1) is 12.9. The number of aromatic nitrogens is 2. The summed E-state index contributed by atoms with van der Waals surface area (Å²) in [6, 6.07) is 4.50. The Morgan fingerprint density at radius 2 is 2.16 bits per heavy atom. The summed E-state index contributed by atoms with van der Waals surface area (Å²) in [6.07, 6.45) is 6.56. The van der Waals surface area contributed by atoms with Gasteiger partial charge < -0.3 is 9.30 Å². The predicted octanol–water partition coefficient (Wildman–Crippen LogP) is 3.58. The third-order valence-electron chi connectivity index (χ3n) is 4.03. The van der Waals surface area contributed by atoms with Gasteiger partial charge in [-0.1, -0.05) is 11.6 Å². The highest BCUT2D eigenvalue weighted by Gasteiger charge is 2.24. The van der Waals surface area contributed by atoms with Crippen LogP contribution in [0.1, 0.15) is 38.3 Å². The van der Waals surface area contributed by atoms with E-state index in [9.17, 15) is 0 Å². The van der Waals surface area contributed by atoms with Crippen molar-refractivity contribution < 1.29 is 0 Å². The Balaban J connectivity index is 1.87. The number of hydrogen-bond donors (Lipinski definition) is 0. The molecule has 0 bridgehead atoms. The van der Waals surface area contributed by atoms with Crippen LogP contribution in [0.15, 0.2) is 24.5 Å². The van der Waals surface area contributed by atoms with Crippen molar-refractivity contribution in [1.82, 2.24) is 14.3 Å². The third-order valence-corrected chi connectivity index (χ3v) is 4.26. The number of hydrogen-bond acceptors (Lipinski definition) is 2. The molecule has 1 saturated heterocycles. The van der Waals surface area contributed by atoms with Gasteiger partial charge in [-0.15, -0.1) is 0 Å². The topological polar surface area (TPSA) is 20.5 Å². The van der Waals surface area contributed by atoms with Gasteiger partial charge >= 0.3 is 0 Å². The highest BCUT2D eigenvalue weighted by Crippen LogP contribution is 2.27. The van der Waals surface area contributed by atoms with Gasteiger partial charge in [-0.3, -0.25) is 0 Å². The molecule has 0 saturated carbocycles. The van der Waals surface area contributed by atoms with Crippen molar-refractivity contribution >= 4 is 17.2 Å². The lowest BCUT2D eigenvalue weighted by atomic mass is 9.94. The lowest BCUT2D eigenvalue weighted by Crippen LogP contribution is -2.39. The van der Waals surface area contributed by atoms with E-state index in [1.807, 2.05) is 22.7 Å². The van der Waals surface area contributed by atoms with E-state index >= 15 is 0 Å². The number of nitrogens with zero attached hydrogens (tertiary/aromatic N) is 3. The SMILES string of the molecule is CC(C)N1CCCC(c2cn3cc(Cl)ccc3n2)C1. The summed E-state index contributed by atoms with van der Waals surface area (Å²) >= 11 is 6.02. The Kier molecular flexibility index (Phi) is 3.50. The van der Waals surface area contributed by atoms with Crippen molar-refractivity contribution in [3.8, 4) is 0 Å². The van der Waals surface area contributed by atoms with Crippen LogP contribution < -0.4 is 0 Å². The number of imidazole rings is 1. The molecule has 2 aromatic heterocycles. The van der Waals surface area contributed by atoms with Gasteiger partial charge in [0, 0.05) is 30.9 Å². The monoisotopic (exact) mass is 277 g/mol. The van der Waals surface area contributed by atoms with Crippen LogP contribution >= 0.6 is 11.6 Å². The van der Waals surface area contributed by atoms with Crippen LogP contribution in [0, 0.1) is 0 Å². The minimum atomic E-state index is 0.551. The molecule has 19 heavy (non-hydrogen) atoms. The molecule has 3 rings (SSSR count). The van der Waals surface area contributed by atoms with E-state index in [-0.39, 0.29) is 0 Å². The fourth-order valence-electron chi connectivity index (χ4n) is 2.90. The summed E-state index contributed by atoms with van der Waals surface area (Å²) < 4.78 is 2.03. The Morgan fingerprint density at radius 3 is 2.95 bits per heavy atom. The molecule has 1 aliphatic heterocycles. The van der Waals surface area contributed by atoms with Gasteiger partial charge in [0.1, 0.15) is 5.65 Å². The number of halogens is 1. The van der Waals surface area contributed by atoms with E-state index in [0.29, 0.717) is 12.0 Å². The summed E-state index contributed by atoms with van der Waals surface area (Å²) in [5.41, 5.74) is 2.19. The summed E-state index contributed by atoms with van der Waals surface area (Å²) in [4.78, 5) is 7.30. The Morgan fingerprint density at radius 1 is 1.32 bits per heavy atom. The van der Waals surface area contributed by atoms with E-state index in [1.54, 1.807) is 0 Å². The first-order chi connectivity index (χ1) is 9.13. The van der Waals surface area contributed by atoms with E-state index in [2.05, 4.69) is 24.9 Å². The third kappa shape index (κ3) is 2.63. The van der Waals surface area contributed by atoms with Gasteiger partial charge in [0.25, 0.3) is 0 Å². The van der Waals surface area contributed by atoms with Crippen LogP contribution in [0.5, 0.6) is 0 Å². The van der Waals surface area contributed by atoms with Crippen LogP contribution in [0.2, 0.25) is 5.02 Å². The van der Waals surface area contributed by atoms with Gasteiger partial charge in [-0.2, -0.15) is 0 Å². The van der Waals surface area contributed by atoms with E-state index in [4.69, 9.17) is 16.6 Å². The molecule has 1 aliphatic rings. The summed E-state index contributed by atoms with van der Waals surface area (Å²) in [6.45, 7) is 6.88. The van der Waals surface area contributed by atoms with Gasteiger partial charge in [-0.25, -0.2) is 4.98 Å². The fraction of sp³-hybridized carbons (Fsp3) is 0.533. The van der Waals surface area contributed by atoms with Crippen LogP contribution in [0.4, 0.5) is 0 Å². The second-order valence-electron chi connectivity index (χ2n) is 5.71. The van der Waals surface area contributed by atoms with Crippen molar-refractivity contribution in [2.45, 2.75) is 38.6 Å². The second kappa shape index (κ2) is 5.14. The molecule has 1 unspecified atom stereocenters. The summed E-state index contributed by atoms with van der Waals surface area (Å²) in [7, 11) is 0. The first-order valence-electron chi connectivity index (χ1n) is 7.01. The van der Waals surface area contributed by atoms with E-state index in [1.165, 1.54) is 25.1 Å². The Labute approximate surface area is 119 Å². The number of likely N-dealkylation sites (tertiary alicyclic amines) is 1. The molecule has 0 N–H and O–H groups in total. The smallest absolute Gasteiger partial charge is 0.137 e. The molecule has 0 aromatic carbocycles. The largest absolute Gasteiger partial charge is 0.305 e. The molecule has 0 amide bonds. The maximum Gasteiger partial charge on any atom is 0.137 e. The number of piperidine rings is 1. The summed E-state index contributed by atoms with van der Waals surface area (Å²) in [5.74, 6) is 0.551. The zero-order chi connectivity index (χ0) is 13.4. The lowest BCUT2D eigenvalue weighted by Gasteiger charge is -2.34. The zero-order valence-corrected chi connectivity index (χ0v) is 12.3. The zero-order valence-electron chi connectivity index (χ0n) is 11.5. The van der Waals surface area contributed by atoms with Crippen molar-refractivity contribution in [3.05, 3.63) is 35.2 Å². The predicted molar refractivity (Wildman–Crippen MR) is 78.9 cm³/mol. The molecule has 1 atom stereocenters. The van der Waals surface area contributed by atoms with Gasteiger partial charge in [0.2, 0.25) is 0 Å². The van der Waals surface area contributed by atoms with Crippen molar-refractivity contribution in [1.29, 1.82) is 0 Å². The van der Waals surface area contributed by atoms with Gasteiger partial charge in [0.15, 0.2) is 0 Å². The van der Waals surface area contributed by atoms with Crippen molar-refractivity contribution in [2.24, 2.45) is 0 Å². The van der Waals surface area contributed by atoms with Crippen molar-refractivity contribution in [3.63, 3.8) is 0 Å². The van der Waals surface area contributed by atoms with Gasteiger partial charge in [0.05, 0.1) is 10.7 Å². The highest BCUT2D eigenvalue weighted by molar-refractivity contribution is 6.30. The normalized spacial score (nSPS) is 21.4. The highest BCUT2D eigenvalue weighted by atomic mass is 35.5. The van der Waals surface area contributed by atoms with E-state index < -0.39 is 0 Å². The quantitative estimate of drug-likeness (QED) is 0.836. The number of fused-ring (bicyclic) bond motifs is 1. The average Bonchev–Trinajstić information content (AvgIpc) is 2.81. The fourth-order valence-corrected chi connectivity index (χ4v) is 3.07.